The Morgan fingerprint density at radius 1 is 1.75 bits per heavy atom. The van der Waals surface area contributed by atoms with Crippen molar-refractivity contribution in [2.45, 2.75) is 6.61 Å². The van der Waals surface area contributed by atoms with Crippen molar-refractivity contribution < 1.29 is 5.11 Å². The second kappa shape index (κ2) is 3.83. The van der Waals surface area contributed by atoms with E-state index in [2.05, 4.69) is 4.98 Å². The summed E-state index contributed by atoms with van der Waals surface area (Å²) < 4.78 is 0. The lowest BCUT2D eigenvalue weighted by Crippen LogP contribution is -1.77. The lowest BCUT2D eigenvalue weighted by atomic mass is 10.5. The van der Waals surface area contributed by atoms with E-state index in [0.717, 1.165) is 5.69 Å². The zero-order chi connectivity index (χ0) is 5.11. The largest absolute Gasteiger partial charge is 0.390 e. The Labute approximate surface area is 57.6 Å². The zero-order valence-electron chi connectivity index (χ0n) is 4.07. The van der Waals surface area contributed by atoms with Crippen LogP contribution in [0.2, 0.25) is 0 Å². The summed E-state index contributed by atoms with van der Waals surface area (Å²) in [4.78, 5) is 3.80. The molecule has 46 valence electrons. The smallest absolute Gasteiger partial charge is 0.0861 e. The fraction of sp³-hybridized carbons (Fsp3) is 0.250. The molecular weight excluding hydrogens is 146 g/mol. The van der Waals surface area contributed by atoms with Gasteiger partial charge in [-0.1, -0.05) is 0 Å². The predicted octanol–water partition coefficient (Wildman–Crippen LogP) is 1.06. The monoisotopic (exact) mass is 151 g/mol. The second-order valence-corrected chi connectivity index (χ2v) is 1.86. The third-order valence-electron chi connectivity index (χ3n) is 0.645. The number of hydrogen-bond acceptors (Lipinski definition) is 3. The minimum Gasteiger partial charge on any atom is -0.390 e. The van der Waals surface area contributed by atoms with Crippen LogP contribution in [0.25, 0.3) is 0 Å². The normalized spacial score (nSPS) is 8.12. The maximum atomic E-state index is 8.37. The molecule has 0 aliphatic rings. The van der Waals surface area contributed by atoms with Crippen molar-refractivity contribution in [2.75, 3.05) is 0 Å². The Kier molecular flexibility index (Phi) is 3.77. The number of aliphatic hydroxyl groups excluding tert-OH is 1. The van der Waals surface area contributed by atoms with E-state index in [1.807, 2.05) is 5.38 Å². The molecule has 1 aromatic heterocycles. The average Bonchev–Trinajstić information content (AvgIpc) is 2.14. The van der Waals surface area contributed by atoms with Crippen molar-refractivity contribution in [3.63, 3.8) is 0 Å². The number of rotatable bonds is 1. The fourth-order valence-electron chi connectivity index (χ4n) is 0.316. The molecule has 0 atom stereocenters. The van der Waals surface area contributed by atoms with Gasteiger partial charge in [-0.3, -0.25) is 0 Å². The minimum absolute atomic E-state index is 0. The van der Waals surface area contributed by atoms with Gasteiger partial charge in [0.1, 0.15) is 0 Å². The predicted molar refractivity (Wildman–Crippen MR) is 35.3 cm³/mol. The highest BCUT2D eigenvalue weighted by molar-refractivity contribution is 7.07. The van der Waals surface area contributed by atoms with Gasteiger partial charge in [-0.2, -0.15) is 0 Å². The molecule has 4 heteroatoms. The molecule has 0 aliphatic carbocycles. The summed E-state index contributed by atoms with van der Waals surface area (Å²) in [7, 11) is 0. The Hall–Kier alpha value is -0.120. The van der Waals surface area contributed by atoms with Crippen LogP contribution in [0.15, 0.2) is 10.9 Å². The van der Waals surface area contributed by atoms with E-state index in [-0.39, 0.29) is 19.0 Å². The van der Waals surface area contributed by atoms with Gasteiger partial charge in [0.05, 0.1) is 17.8 Å². The molecule has 0 amide bonds. The van der Waals surface area contributed by atoms with Crippen LogP contribution in [-0.4, -0.2) is 10.1 Å². The van der Waals surface area contributed by atoms with Crippen molar-refractivity contribution in [1.82, 2.24) is 4.98 Å². The van der Waals surface area contributed by atoms with Gasteiger partial charge < -0.3 is 5.11 Å². The summed E-state index contributed by atoms with van der Waals surface area (Å²) in [5, 5.41) is 10.2. The minimum atomic E-state index is 0. The molecule has 1 heterocycles. The highest BCUT2D eigenvalue weighted by Gasteiger charge is 1.85. The van der Waals surface area contributed by atoms with E-state index in [1.165, 1.54) is 11.3 Å². The number of aliphatic hydroxyl groups is 1. The second-order valence-electron chi connectivity index (χ2n) is 1.14. The van der Waals surface area contributed by atoms with Gasteiger partial charge in [-0.05, 0) is 0 Å². The molecular formula is C4H6ClNOS. The number of nitrogens with zero attached hydrogens (tertiary/aromatic N) is 1. The van der Waals surface area contributed by atoms with Gasteiger partial charge >= 0.3 is 0 Å². The Morgan fingerprint density at radius 2 is 2.50 bits per heavy atom. The van der Waals surface area contributed by atoms with Crippen molar-refractivity contribution in [1.29, 1.82) is 0 Å². The van der Waals surface area contributed by atoms with Crippen LogP contribution >= 0.6 is 23.7 Å². The molecule has 0 spiro atoms. The molecule has 2 nitrogen and oxygen atoms in total. The molecule has 1 rings (SSSR count). The summed E-state index contributed by atoms with van der Waals surface area (Å²) in [5.41, 5.74) is 2.45. The lowest BCUT2D eigenvalue weighted by Gasteiger charge is -1.77. The Bertz CT molecular complexity index is 131. The van der Waals surface area contributed by atoms with Crippen molar-refractivity contribution >= 4 is 23.7 Å². The Balaban J connectivity index is 0.000000490. The Morgan fingerprint density at radius 3 is 2.75 bits per heavy atom. The molecule has 0 bridgehead atoms. The third-order valence-corrected chi connectivity index (χ3v) is 1.28. The topological polar surface area (TPSA) is 33.1 Å². The fourth-order valence-corrected chi connectivity index (χ4v) is 0.865. The van der Waals surface area contributed by atoms with Gasteiger partial charge in [-0.15, -0.1) is 23.7 Å². The molecule has 0 unspecified atom stereocenters. The highest BCUT2D eigenvalue weighted by atomic mass is 35.5. The van der Waals surface area contributed by atoms with Gasteiger partial charge in [0.2, 0.25) is 0 Å². The first kappa shape index (κ1) is 7.88. The van der Waals surface area contributed by atoms with E-state index >= 15 is 0 Å². The van der Waals surface area contributed by atoms with Crippen LogP contribution in [0.5, 0.6) is 0 Å². The zero-order valence-corrected chi connectivity index (χ0v) is 5.71. The first-order valence-corrected chi connectivity index (χ1v) is 2.85. The third kappa shape index (κ3) is 1.78. The van der Waals surface area contributed by atoms with Crippen molar-refractivity contribution in [2.24, 2.45) is 0 Å². The molecule has 0 aromatic carbocycles. The van der Waals surface area contributed by atoms with E-state index in [9.17, 15) is 0 Å². The molecule has 0 radical (unpaired) electrons. The van der Waals surface area contributed by atoms with Crippen LogP contribution in [0.4, 0.5) is 0 Å². The standard InChI is InChI=1S/C4H5NOS.ClH/c6-1-4-2-7-3-5-4;/h2-3,6H,1H2;1H. The van der Waals surface area contributed by atoms with E-state index in [0.29, 0.717) is 0 Å². The number of halogens is 1. The number of aromatic nitrogens is 1. The molecule has 0 aliphatic heterocycles. The SMILES string of the molecule is Cl.OCc1cscn1. The van der Waals surface area contributed by atoms with Gasteiger partial charge in [0.25, 0.3) is 0 Å². The summed E-state index contributed by atoms with van der Waals surface area (Å²) in [6.45, 7) is 0.0590. The molecule has 1 N–H and O–H groups in total. The summed E-state index contributed by atoms with van der Waals surface area (Å²) in [6.07, 6.45) is 0. The van der Waals surface area contributed by atoms with Crippen molar-refractivity contribution in [3.8, 4) is 0 Å². The van der Waals surface area contributed by atoms with Crippen LogP contribution in [0.1, 0.15) is 5.69 Å². The van der Waals surface area contributed by atoms with Gasteiger partial charge in [0, 0.05) is 5.38 Å². The average molecular weight is 152 g/mol. The van der Waals surface area contributed by atoms with Gasteiger partial charge in [-0.25, -0.2) is 4.98 Å². The molecule has 0 fully saturated rings. The molecule has 1 aromatic rings. The van der Waals surface area contributed by atoms with Crippen LogP contribution < -0.4 is 0 Å². The maximum absolute atomic E-state index is 8.37. The van der Waals surface area contributed by atoms with Crippen LogP contribution in [-0.2, 0) is 6.61 Å². The number of hydrogen-bond donors (Lipinski definition) is 1. The highest BCUT2D eigenvalue weighted by Crippen LogP contribution is 1.98. The lowest BCUT2D eigenvalue weighted by molar-refractivity contribution is 0.277. The maximum Gasteiger partial charge on any atom is 0.0861 e. The van der Waals surface area contributed by atoms with Crippen molar-refractivity contribution in [3.05, 3.63) is 16.6 Å². The molecule has 0 saturated carbocycles. The molecule has 8 heavy (non-hydrogen) atoms. The summed E-state index contributed by atoms with van der Waals surface area (Å²) in [5.74, 6) is 0. The van der Waals surface area contributed by atoms with E-state index in [1.54, 1.807) is 5.51 Å². The number of thiazole rings is 1. The quantitative estimate of drug-likeness (QED) is 0.651. The first-order chi connectivity index (χ1) is 3.43. The van der Waals surface area contributed by atoms with E-state index < -0.39 is 0 Å². The van der Waals surface area contributed by atoms with Crippen LogP contribution in [0.3, 0.4) is 0 Å². The summed E-state index contributed by atoms with van der Waals surface area (Å²) in [6, 6.07) is 0. The van der Waals surface area contributed by atoms with Gasteiger partial charge in [0.15, 0.2) is 0 Å². The van der Waals surface area contributed by atoms with Crippen LogP contribution in [0, 0.1) is 0 Å². The first-order valence-electron chi connectivity index (χ1n) is 1.91. The summed E-state index contributed by atoms with van der Waals surface area (Å²) >= 11 is 1.49. The molecule has 0 saturated heterocycles. The van der Waals surface area contributed by atoms with E-state index in [4.69, 9.17) is 5.11 Å².